The predicted molar refractivity (Wildman–Crippen MR) is 54.4 cm³/mol. The maximum absolute atomic E-state index is 5.10. The van der Waals surface area contributed by atoms with Gasteiger partial charge in [0.2, 0.25) is 0 Å². The van der Waals surface area contributed by atoms with Crippen LogP contribution in [-0.2, 0) is 4.84 Å². The Morgan fingerprint density at radius 3 is 2.69 bits per heavy atom. The summed E-state index contributed by atoms with van der Waals surface area (Å²) in [5, 5.41) is 0. The fourth-order valence-corrected chi connectivity index (χ4v) is 1.60. The number of halogens is 1. The molecule has 0 aliphatic rings. The Morgan fingerprint density at radius 2 is 2.15 bits per heavy atom. The fourth-order valence-electron chi connectivity index (χ4n) is 1.03. The van der Waals surface area contributed by atoms with Gasteiger partial charge in [-0.2, -0.15) is 0 Å². The van der Waals surface area contributed by atoms with Crippen LogP contribution >= 0.6 is 15.9 Å². The normalized spacial score (nSPS) is 12.6. The first kappa shape index (κ1) is 10.5. The summed E-state index contributed by atoms with van der Waals surface area (Å²) in [7, 11) is 1.63. The number of hydrogen-bond donors (Lipinski definition) is 1. The van der Waals surface area contributed by atoms with E-state index in [4.69, 9.17) is 15.5 Å². The molecule has 0 aromatic heterocycles. The SMILES string of the molecule is COc1ccc(Br)c(C(C)ON)c1. The Kier molecular flexibility index (Phi) is 3.71. The number of ether oxygens (including phenoxy) is 1. The molecule has 13 heavy (non-hydrogen) atoms. The minimum Gasteiger partial charge on any atom is -0.497 e. The van der Waals surface area contributed by atoms with Gasteiger partial charge in [-0.1, -0.05) is 15.9 Å². The second kappa shape index (κ2) is 4.60. The molecular formula is C9H12BrNO2. The van der Waals surface area contributed by atoms with Crippen molar-refractivity contribution in [2.75, 3.05) is 7.11 Å². The van der Waals surface area contributed by atoms with Crippen molar-refractivity contribution in [2.45, 2.75) is 13.0 Å². The third-order valence-electron chi connectivity index (χ3n) is 1.85. The van der Waals surface area contributed by atoms with Crippen molar-refractivity contribution in [3.8, 4) is 5.75 Å². The highest BCUT2D eigenvalue weighted by atomic mass is 79.9. The van der Waals surface area contributed by atoms with Gasteiger partial charge in [-0.15, -0.1) is 0 Å². The molecular weight excluding hydrogens is 234 g/mol. The Bertz CT molecular complexity index is 291. The van der Waals surface area contributed by atoms with Gasteiger partial charge in [0.1, 0.15) is 11.9 Å². The minimum atomic E-state index is -0.149. The fraction of sp³-hybridized carbons (Fsp3) is 0.333. The van der Waals surface area contributed by atoms with E-state index in [9.17, 15) is 0 Å². The van der Waals surface area contributed by atoms with Crippen LogP contribution in [0.1, 0.15) is 18.6 Å². The lowest BCUT2D eigenvalue weighted by atomic mass is 10.1. The molecule has 72 valence electrons. The summed E-state index contributed by atoms with van der Waals surface area (Å²) < 4.78 is 6.05. The standard InChI is InChI=1S/C9H12BrNO2/c1-6(13-11)8-5-7(12-2)3-4-9(8)10/h3-6H,11H2,1-2H3. The molecule has 0 heterocycles. The molecule has 0 fully saturated rings. The van der Waals surface area contributed by atoms with Crippen LogP contribution in [0, 0.1) is 0 Å². The second-order valence-corrected chi connectivity index (χ2v) is 3.52. The third-order valence-corrected chi connectivity index (χ3v) is 2.57. The van der Waals surface area contributed by atoms with Crippen LogP contribution in [-0.4, -0.2) is 7.11 Å². The van der Waals surface area contributed by atoms with Crippen LogP contribution in [0.2, 0.25) is 0 Å². The summed E-state index contributed by atoms with van der Waals surface area (Å²) >= 11 is 3.41. The molecule has 1 aromatic carbocycles. The largest absolute Gasteiger partial charge is 0.497 e. The number of methoxy groups -OCH3 is 1. The zero-order valence-electron chi connectivity index (χ0n) is 7.58. The van der Waals surface area contributed by atoms with Crippen LogP contribution in [0.3, 0.4) is 0 Å². The van der Waals surface area contributed by atoms with Gasteiger partial charge in [0.25, 0.3) is 0 Å². The van der Waals surface area contributed by atoms with E-state index in [1.54, 1.807) is 7.11 Å². The highest BCUT2D eigenvalue weighted by Crippen LogP contribution is 2.28. The zero-order valence-corrected chi connectivity index (χ0v) is 9.17. The van der Waals surface area contributed by atoms with E-state index >= 15 is 0 Å². The molecule has 0 amide bonds. The average Bonchev–Trinajstić information content (AvgIpc) is 2.17. The van der Waals surface area contributed by atoms with Gasteiger partial charge >= 0.3 is 0 Å². The molecule has 1 unspecified atom stereocenters. The number of benzene rings is 1. The first-order valence-electron chi connectivity index (χ1n) is 3.88. The number of nitrogens with two attached hydrogens (primary N) is 1. The number of rotatable bonds is 3. The smallest absolute Gasteiger partial charge is 0.119 e. The lowest BCUT2D eigenvalue weighted by Gasteiger charge is -2.12. The lowest BCUT2D eigenvalue weighted by Crippen LogP contribution is -2.06. The van der Waals surface area contributed by atoms with Gasteiger partial charge in [-0.3, -0.25) is 4.84 Å². The maximum atomic E-state index is 5.10. The van der Waals surface area contributed by atoms with Crippen molar-refractivity contribution in [1.82, 2.24) is 0 Å². The summed E-state index contributed by atoms with van der Waals surface area (Å²) in [6.07, 6.45) is -0.149. The molecule has 0 spiro atoms. The van der Waals surface area contributed by atoms with Crippen molar-refractivity contribution < 1.29 is 9.57 Å². The van der Waals surface area contributed by atoms with Gasteiger partial charge in [0, 0.05) is 10.0 Å². The molecule has 4 heteroatoms. The quantitative estimate of drug-likeness (QED) is 0.833. The van der Waals surface area contributed by atoms with Crippen molar-refractivity contribution in [3.05, 3.63) is 28.2 Å². The molecule has 0 aliphatic heterocycles. The zero-order chi connectivity index (χ0) is 9.84. The Hall–Kier alpha value is -0.580. The Morgan fingerprint density at radius 1 is 1.46 bits per heavy atom. The van der Waals surface area contributed by atoms with Crippen LogP contribution in [0.4, 0.5) is 0 Å². The molecule has 0 saturated carbocycles. The monoisotopic (exact) mass is 245 g/mol. The van der Waals surface area contributed by atoms with E-state index in [0.717, 1.165) is 15.8 Å². The molecule has 0 bridgehead atoms. The van der Waals surface area contributed by atoms with E-state index in [1.807, 2.05) is 25.1 Å². The van der Waals surface area contributed by atoms with Crippen molar-refractivity contribution in [2.24, 2.45) is 5.90 Å². The molecule has 3 nitrogen and oxygen atoms in total. The van der Waals surface area contributed by atoms with Crippen molar-refractivity contribution >= 4 is 15.9 Å². The molecule has 2 N–H and O–H groups in total. The van der Waals surface area contributed by atoms with Gasteiger partial charge in [0.05, 0.1) is 7.11 Å². The van der Waals surface area contributed by atoms with Gasteiger partial charge in [-0.05, 0) is 25.1 Å². The highest BCUT2D eigenvalue weighted by Gasteiger charge is 2.09. The second-order valence-electron chi connectivity index (χ2n) is 2.67. The van der Waals surface area contributed by atoms with E-state index in [-0.39, 0.29) is 6.10 Å². The molecule has 1 aromatic rings. The average molecular weight is 246 g/mol. The number of hydrogen-bond acceptors (Lipinski definition) is 3. The summed E-state index contributed by atoms with van der Waals surface area (Å²) in [5.74, 6) is 5.90. The lowest BCUT2D eigenvalue weighted by molar-refractivity contribution is 0.0658. The summed E-state index contributed by atoms with van der Waals surface area (Å²) in [5.41, 5.74) is 0.974. The van der Waals surface area contributed by atoms with E-state index < -0.39 is 0 Å². The highest BCUT2D eigenvalue weighted by molar-refractivity contribution is 9.10. The van der Waals surface area contributed by atoms with Gasteiger partial charge in [-0.25, -0.2) is 5.90 Å². The van der Waals surface area contributed by atoms with Crippen molar-refractivity contribution in [1.29, 1.82) is 0 Å². The molecule has 1 atom stereocenters. The molecule has 0 aliphatic carbocycles. The summed E-state index contributed by atoms with van der Waals surface area (Å²) in [6, 6.07) is 5.67. The third kappa shape index (κ3) is 2.43. The minimum absolute atomic E-state index is 0.149. The molecule has 0 saturated heterocycles. The molecule has 0 radical (unpaired) electrons. The van der Waals surface area contributed by atoms with Crippen LogP contribution in [0.5, 0.6) is 5.75 Å². The Balaban J connectivity index is 3.03. The topological polar surface area (TPSA) is 44.5 Å². The van der Waals surface area contributed by atoms with Crippen molar-refractivity contribution in [3.63, 3.8) is 0 Å². The summed E-state index contributed by atoms with van der Waals surface area (Å²) in [4.78, 5) is 4.73. The van der Waals surface area contributed by atoms with Crippen LogP contribution < -0.4 is 10.6 Å². The van der Waals surface area contributed by atoms with E-state index in [2.05, 4.69) is 15.9 Å². The molecule has 1 rings (SSSR count). The Labute approximate surface area is 85.9 Å². The van der Waals surface area contributed by atoms with Crippen LogP contribution in [0.15, 0.2) is 22.7 Å². The van der Waals surface area contributed by atoms with Crippen LogP contribution in [0.25, 0.3) is 0 Å². The predicted octanol–water partition coefficient (Wildman–Crippen LogP) is 2.41. The van der Waals surface area contributed by atoms with Gasteiger partial charge < -0.3 is 4.74 Å². The first-order valence-corrected chi connectivity index (χ1v) is 4.67. The van der Waals surface area contributed by atoms with E-state index in [0.29, 0.717) is 0 Å². The van der Waals surface area contributed by atoms with Gasteiger partial charge in [0.15, 0.2) is 0 Å². The first-order chi connectivity index (χ1) is 6.19. The summed E-state index contributed by atoms with van der Waals surface area (Å²) in [6.45, 7) is 1.87. The maximum Gasteiger partial charge on any atom is 0.119 e. The van der Waals surface area contributed by atoms with E-state index in [1.165, 1.54) is 0 Å².